The third-order valence-electron chi connectivity index (χ3n) is 3.48. The van der Waals surface area contributed by atoms with E-state index in [1.54, 1.807) is 13.8 Å². The second-order valence-corrected chi connectivity index (χ2v) is 4.84. The minimum absolute atomic E-state index is 0.00694. The number of amides is 1. The SMILES string of the molecule is CC(NC(=O)CC1CCCC1)C(C)C(=O)O. The van der Waals surface area contributed by atoms with Crippen molar-refractivity contribution in [2.75, 3.05) is 0 Å². The smallest absolute Gasteiger partial charge is 0.308 e. The molecule has 2 atom stereocenters. The van der Waals surface area contributed by atoms with Crippen molar-refractivity contribution in [3.8, 4) is 0 Å². The monoisotopic (exact) mass is 227 g/mol. The molecule has 0 saturated heterocycles. The molecule has 0 bridgehead atoms. The molecule has 2 N–H and O–H groups in total. The zero-order chi connectivity index (χ0) is 12.1. The summed E-state index contributed by atoms with van der Waals surface area (Å²) in [4.78, 5) is 22.3. The van der Waals surface area contributed by atoms with Crippen LogP contribution >= 0.6 is 0 Å². The molecule has 1 rings (SSSR count). The first-order valence-electron chi connectivity index (χ1n) is 6.03. The Morgan fingerprint density at radius 2 is 1.88 bits per heavy atom. The van der Waals surface area contributed by atoms with E-state index in [9.17, 15) is 9.59 Å². The summed E-state index contributed by atoms with van der Waals surface area (Å²) in [5.41, 5.74) is 0. The molecular weight excluding hydrogens is 206 g/mol. The van der Waals surface area contributed by atoms with E-state index < -0.39 is 11.9 Å². The topological polar surface area (TPSA) is 66.4 Å². The van der Waals surface area contributed by atoms with Gasteiger partial charge in [0.05, 0.1) is 5.92 Å². The van der Waals surface area contributed by atoms with Gasteiger partial charge in [-0.25, -0.2) is 0 Å². The maximum atomic E-state index is 11.6. The number of carbonyl (C=O) groups is 2. The summed E-state index contributed by atoms with van der Waals surface area (Å²) >= 11 is 0. The van der Waals surface area contributed by atoms with Crippen molar-refractivity contribution >= 4 is 11.9 Å². The van der Waals surface area contributed by atoms with Crippen LogP contribution in [-0.4, -0.2) is 23.0 Å². The zero-order valence-electron chi connectivity index (χ0n) is 10.0. The average Bonchev–Trinajstić information content (AvgIpc) is 2.68. The van der Waals surface area contributed by atoms with Crippen molar-refractivity contribution in [2.24, 2.45) is 11.8 Å². The van der Waals surface area contributed by atoms with Gasteiger partial charge in [-0.3, -0.25) is 9.59 Å². The number of hydrogen-bond acceptors (Lipinski definition) is 2. The maximum Gasteiger partial charge on any atom is 0.308 e. The summed E-state index contributed by atoms with van der Waals surface area (Å²) in [5, 5.41) is 11.6. The van der Waals surface area contributed by atoms with E-state index in [0.29, 0.717) is 12.3 Å². The Hall–Kier alpha value is -1.06. The predicted octanol–water partition coefficient (Wildman–Crippen LogP) is 1.79. The number of aliphatic carboxylic acids is 1. The molecule has 0 radical (unpaired) electrons. The molecule has 1 fully saturated rings. The lowest BCUT2D eigenvalue weighted by Crippen LogP contribution is -2.40. The third-order valence-corrected chi connectivity index (χ3v) is 3.48. The first-order valence-corrected chi connectivity index (χ1v) is 6.03. The van der Waals surface area contributed by atoms with Gasteiger partial charge in [-0.05, 0) is 32.6 Å². The average molecular weight is 227 g/mol. The summed E-state index contributed by atoms with van der Waals surface area (Å²) in [6.45, 7) is 3.36. The highest BCUT2D eigenvalue weighted by atomic mass is 16.4. The molecule has 4 heteroatoms. The molecule has 0 aromatic rings. The van der Waals surface area contributed by atoms with Crippen LogP contribution in [-0.2, 0) is 9.59 Å². The van der Waals surface area contributed by atoms with Crippen LogP contribution in [0.1, 0.15) is 46.0 Å². The minimum atomic E-state index is -0.867. The Labute approximate surface area is 96.4 Å². The fourth-order valence-electron chi connectivity index (χ4n) is 2.13. The van der Waals surface area contributed by atoms with Gasteiger partial charge >= 0.3 is 5.97 Å². The Morgan fingerprint density at radius 1 is 1.31 bits per heavy atom. The van der Waals surface area contributed by atoms with Crippen LogP contribution in [0.4, 0.5) is 0 Å². The molecule has 0 spiro atoms. The second kappa shape index (κ2) is 5.87. The zero-order valence-corrected chi connectivity index (χ0v) is 10.0. The van der Waals surface area contributed by atoms with Crippen LogP contribution in [0.25, 0.3) is 0 Å². The van der Waals surface area contributed by atoms with Crippen LogP contribution in [0, 0.1) is 11.8 Å². The predicted molar refractivity (Wildman–Crippen MR) is 61.0 cm³/mol. The molecule has 16 heavy (non-hydrogen) atoms. The summed E-state index contributed by atoms with van der Waals surface area (Å²) < 4.78 is 0. The molecule has 4 nitrogen and oxygen atoms in total. The van der Waals surface area contributed by atoms with Crippen LogP contribution in [0.3, 0.4) is 0 Å². The number of hydrogen-bond donors (Lipinski definition) is 2. The fourth-order valence-corrected chi connectivity index (χ4v) is 2.13. The van der Waals surface area contributed by atoms with E-state index >= 15 is 0 Å². The third kappa shape index (κ3) is 3.83. The summed E-state index contributed by atoms with van der Waals surface area (Å²) in [7, 11) is 0. The van der Waals surface area contributed by atoms with E-state index in [-0.39, 0.29) is 11.9 Å². The van der Waals surface area contributed by atoms with Crippen molar-refractivity contribution < 1.29 is 14.7 Å². The van der Waals surface area contributed by atoms with E-state index in [2.05, 4.69) is 5.32 Å². The number of carboxylic acids is 1. The van der Waals surface area contributed by atoms with Gasteiger partial charge in [-0.2, -0.15) is 0 Å². The normalized spacial score (nSPS) is 20.4. The molecule has 92 valence electrons. The first kappa shape index (κ1) is 13.0. The highest BCUT2D eigenvalue weighted by Gasteiger charge is 2.23. The van der Waals surface area contributed by atoms with Crippen molar-refractivity contribution in [2.45, 2.75) is 52.0 Å². The van der Waals surface area contributed by atoms with Gasteiger partial charge in [-0.15, -0.1) is 0 Å². The van der Waals surface area contributed by atoms with E-state index in [1.165, 1.54) is 12.8 Å². The van der Waals surface area contributed by atoms with Gasteiger partial charge in [0.2, 0.25) is 5.91 Å². The molecule has 1 saturated carbocycles. The number of carbonyl (C=O) groups excluding carboxylic acids is 1. The van der Waals surface area contributed by atoms with E-state index in [0.717, 1.165) is 12.8 Å². The van der Waals surface area contributed by atoms with Gasteiger partial charge in [0, 0.05) is 12.5 Å². The van der Waals surface area contributed by atoms with E-state index in [1.807, 2.05) is 0 Å². The highest BCUT2D eigenvalue weighted by molar-refractivity contribution is 5.78. The van der Waals surface area contributed by atoms with Gasteiger partial charge in [0.25, 0.3) is 0 Å². The molecule has 2 unspecified atom stereocenters. The summed E-state index contributed by atoms with van der Waals surface area (Å²) in [6, 6.07) is -0.300. The van der Waals surface area contributed by atoms with Crippen molar-refractivity contribution in [3.05, 3.63) is 0 Å². The van der Waals surface area contributed by atoms with E-state index in [4.69, 9.17) is 5.11 Å². The standard InChI is InChI=1S/C12H21NO3/c1-8(12(15)16)9(2)13-11(14)7-10-5-3-4-6-10/h8-10H,3-7H2,1-2H3,(H,13,14)(H,15,16). The Bertz CT molecular complexity index is 259. The molecule has 0 heterocycles. The Morgan fingerprint density at radius 3 is 2.38 bits per heavy atom. The van der Waals surface area contributed by atoms with Crippen LogP contribution < -0.4 is 5.32 Å². The van der Waals surface area contributed by atoms with Gasteiger partial charge in [0.15, 0.2) is 0 Å². The summed E-state index contributed by atoms with van der Waals surface area (Å²) in [5.74, 6) is -0.902. The van der Waals surface area contributed by atoms with Crippen molar-refractivity contribution in [1.82, 2.24) is 5.32 Å². The van der Waals surface area contributed by atoms with Gasteiger partial charge in [-0.1, -0.05) is 12.8 Å². The molecule has 0 aromatic heterocycles. The van der Waals surface area contributed by atoms with Gasteiger partial charge in [0.1, 0.15) is 0 Å². The molecule has 0 aliphatic heterocycles. The van der Waals surface area contributed by atoms with Crippen LogP contribution in [0.15, 0.2) is 0 Å². The van der Waals surface area contributed by atoms with Crippen molar-refractivity contribution in [1.29, 1.82) is 0 Å². The maximum absolute atomic E-state index is 11.6. The fraction of sp³-hybridized carbons (Fsp3) is 0.833. The number of carboxylic acid groups (broad SMARTS) is 1. The minimum Gasteiger partial charge on any atom is -0.481 e. The van der Waals surface area contributed by atoms with Crippen molar-refractivity contribution in [3.63, 3.8) is 0 Å². The molecule has 1 aliphatic rings. The Balaban J connectivity index is 2.29. The van der Waals surface area contributed by atoms with Crippen LogP contribution in [0.5, 0.6) is 0 Å². The number of rotatable bonds is 5. The molecule has 0 aromatic carbocycles. The largest absolute Gasteiger partial charge is 0.481 e. The summed E-state index contributed by atoms with van der Waals surface area (Å²) in [6.07, 6.45) is 5.27. The molecule has 1 aliphatic carbocycles. The lowest BCUT2D eigenvalue weighted by atomic mass is 10.0. The lowest BCUT2D eigenvalue weighted by Gasteiger charge is -2.18. The second-order valence-electron chi connectivity index (χ2n) is 4.84. The number of nitrogens with one attached hydrogen (secondary N) is 1. The molecular formula is C12H21NO3. The highest BCUT2D eigenvalue weighted by Crippen LogP contribution is 2.27. The Kier molecular flexibility index (Phi) is 4.77. The lowest BCUT2D eigenvalue weighted by molar-refractivity contribution is -0.142. The van der Waals surface area contributed by atoms with Gasteiger partial charge < -0.3 is 10.4 Å². The quantitative estimate of drug-likeness (QED) is 0.752. The molecule has 1 amide bonds. The van der Waals surface area contributed by atoms with Crippen LogP contribution in [0.2, 0.25) is 0 Å². The first-order chi connectivity index (χ1) is 7.50.